The van der Waals surface area contributed by atoms with E-state index >= 15 is 0 Å². The zero-order valence-electron chi connectivity index (χ0n) is 18.2. The van der Waals surface area contributed by atoms with E-state index in [0.29, 0.717) is 30.3 Å². The first-order chi connectivity index (χ1) is 14.7. The summed E-state index contributed by atoms with van der Waals surface area (Å²) >= 11 is 0. The van der Waals surface area contributed by atoms with Crippen molar-refractivity contribution in [2.75, 3.05) is 13.1 Å². The van der Waals surface area contributed by atoms with Gasteiger partial charge in [-0.2, -0.15) is 0 Å². The van der Waals surface area contributed by atoms with Gasteiger partial charge in [-0.25, -0.2) is 9.78 Å². The molecule has 0 saturated carbocycles. The summed E-state index contributed by atoms with van der Waals surface area (Å²) < 4.78 is 16.6. The number of hydrogen-bond acceptors (Lipinski definition) is 6. The molecule has 2 atom stereocenters. The zero-order valence-corrected chi connectivity index (χ0v) is 18.2. The fourth-order valence-corrected chi connectivity index (χ4v) is 3.52. The van der Waals surface area contributed by atoms with Gasteiger partial charge in [0.05, 0.1) is 0 Å². The fraction of sp³-hybridized carbons (Fsp3) is 0.435. The summed E-state index contributed by atoms with van der Waals surface area (Å²) in [5.41, 5.74) is 1.59. The Kier molecular flexibility index (Phi) is 5.58. The third-order valence-corrected chi connectivity index (χ3v) is 4.90. The summed E-state index contributed by atoms with van der Waals surface area (Å²) in [7, 11) is 0. The molecule has 2 fully saturated rings. The number of fused-ring (bicyclic) bond motifs is 1. The number of rotatable bonds is 5. The Morgan fingerprint density at radius 2 is 1.94 bits per heavy atom. The molecule has 0 aliphatic carbocycles. The average Bonchev–Trinajstić information content (AvgIpc) is 3.29. The van der Waals surface area contributed by atoms with E-state index < -0.39 is 11.7 Å². The van der Waals surface area contributed by atoms with Crippen molar-refractivity contribution >= 4 is 12.0 Å². The summed E-state index contributed by atoms with van der Waals surface area (Å²) in [5.74, 6) is 0.887. The Hall–Kier alpha value is -3.13. The van der Waals surface area contributed by atoms with E-state index in [1.165, 1.54) is 0 Å². The zero-order chi connectivity index (χ0) is 22.2. The van der Waals surface area contributed by atoms with Crippen LogP contribution < -0.4 is 10.1 Å². The number of hydrogen-bond donors (Lipinski definition) is 1. The smallest absolute Gasteiger partial charge is 0.407 e. The highest BCUT2D eigenvalue weighted by molar-refractivity contribution is 5.95. The number of aromatic nitrogens is 1. The minimum absolute atomic E-state index is 0.0271. The molecule has 1 N–H and O–H groups in total. The van der Waals surface area contributed by atoms with Crippen LogP contribution in [0.3, 0.4) is 0 Å². The van der Waals surface area contributed by atoms with Crippen LogP contribution in [-0.4, -0.2) is 52.8 Å². The third kappa shape index (κ3) is 5.52. The van der Waals surface area contributed by atoms with Crippen LogP contribution >= 0.6 is 0 Å². The molecule has 1 aromatic carbocycles. The average molecular weight is 425 g/mol. The number of pyridine rings is 1. The van der Waals surface area contributed by atoms with Gasteiger partial charge in [-0.1, -0.05) is 6.07 Å². The molecule has 0 spiro atoms. The number of amides is 2. The largest absolute Gasteiger partial charge is 0.444 e. The standard InChI is InChI=1S/C23H27N3O5/c1-14-8-15(11-24-22(28)31-23(2,3)4)9-20(25-14)29-17-7-5-6-16(10-17)21(27)26-12-18-19(13-26)30-18/h5-10,18-19H,11-13H2,1-4H3,(H,24,28). The van der Waals surface area contributed by atoms with E-state index in [0.717, 1.165) is 11.3 Å². The summed E-state index contributed by atoms with van der Waals surface area (Å²) in [5, 5.41) is 2.73. The van der Waals surface area contributed by atoms with Crippen molar-refractivity contribution in [3.8, 4) is 11.6 Å². The first kappa shape index (κ1) is 21.1. The number of aryl methyl sites for hydroxylation is 1. The van der Waals surface area contributed by atoms with Crippen molar-refractivity contribution in [2.45, 2.75) is 52.0 Å². The molecule has 2 amide bonds. The number of morpholine rings is 1. The minimum Gasteiger partial charge on any atom is -0.444 e. The van der Waals surface area contributed by atoms with E-state index in [4.69, 9.17) is 14.2 Å². The summed E-state index contributed by atoms with van der Waals surface area (Å²) in [6, 6.07) is 10.7. The van der Waals surface area contributed by atoms with E-state index in [1.807, 2.05) is 38.7 Å². The molecule has 2 aliphatic rings. The van der Waals surface area contributed by atoms with Gasteiger partial charge < -0.3 is 24.4 Å². The number of benzene rings is 1. The molecular weight excluding hydrogens is 398 g/mol. The van der Waals surface area contributed by atoms with Gasteiger partial charge in [0.2, 0.25) is 5.88 Å². The lowest BCUT2D eigenvalue weighted by atomic mass is 10.2. The van der Waals surface area contributed by atoms with Crippen molar-refractivity contribution in [2.24, 2.45) is 0 Å². The lowest BCUT2D eigenvalue weighted by Gasteiger charge is -2.19. The Labute approximate surface area is 181 Å². The second kappa shape index (κ2) is 8.19. The van der Waals surface area contributed by atoms with Gasteiger partial charge in [-0.3, -0.25) is 4.79 Å². The number of carbonyl (C=O) groups is 2. The quantitative estimate of drug-likeness (QED) is 0.738. The Bertz CT molecular complexity index is 991. The SMILES string of the molecule is Cc1cc(CNC(=O)OC(C)(C)C)cc(Oc2cccc(C(=O)N3CC4OC4C3)c2)n1. The molecule has 0 radical (unpaired) electrons. The van der Waals surface area contributed by atoms with Crippen LogP contribution in [0.2, 0.25) is 0 Å². The van der Waals surface area contributed by atoms with Gasteiger partial charge in [0, 0.05) is 37.0 Å². The van der Waals surface area contributed by atoms with Crippen LogP contribution in [0, 0.1) is 6.92 Å². The number of alkyl carbamates (subject to hydrolysis) is 1. The maximum absolute atomic E-state index is 12.7. The molecule has 8 heteroatoms. The van der Waals surface area contributed by atoms with E-state index in [1.54, 1.807) is 30.3 Å². The molecule has 4 rings (SSSR count). The topological polar surface area (TPSA) is 93.3 Å². The van der Waals surface area contributed by atoms with Crippen LogP contribution in [0.5, 0.6) is 11.6 Å². The molecule has 164 valence electrons. The maximum atomic E-state index is 12.7. The van der Waals surface area contributed by atoms with Gasteiger partial charge >= 0.3 is 6.09 Å². The highest BCUT2D eigenvalue weighted by atomic mass is 16.6. The fourth-order valence-electron chi connectivity index (χ4n) is 3.52. The molecule has 8 nitrogen and oxygen atoms in total. The summed E-state index contributed by atoms with van der Waals surface area (Å²) in [6.45, 7) is 8.86. The molecular formula is C23H27N3O5. The van der Waals surface area contributed by atoms with Crippen molar-refractivity contribution in [1.29, 1.82) is 0 Å². The molecule has 31 heavy (non-hydrogen) atoms. The Balaban J connectivity index is 1.41. The number of epoxide rings is 1. The van der Waals surface area contributed by atoms with Crippen molar-refractivity contribution in [3.63, 3.8) is 0 Å². The molecule has 3 heterocycles. The number of carbonyl (C=O) groups excluding carboxylic acids is 2. The van der Waals surface area contributed by atoms with Crippen LogP contribution in [0.25, 0.3) is 0 Å². The lowest BCUT2D eigenvalue weighted by molar-refractivity contribution is 0.0523. The van der Waals surface area contributed by atoms with Crippen molar-refractivity contribution in [3.05, 3.63) is 53.2 Å². The molecule has 2 saturated heterocycles. The summed E-state index contributed by atoms with van der Waals surface area (Å²) in [6.07, 6.45) is -0.0826. The Morgan fingerprint density at radius 3 is 2.65 bits per heavy atom. The number of ether oxygens (including phenoxy) is 3. The molecule has 2 aliphatic heterocycles. The maximum Gasteiger partial charge on any atom is 0.407 e. The van der Waals surface area contributed by atoms with Gasteiger partial charge in [-0.05, 0) is 57.5 Å². The second-order valence-electron chi connectivity index (χ2n) is 8.86. The van der Waals surface area contributed by atoms with Gasteiger partial charge in [0.25, 0.3) is 5.91 Å². The molecule has 0 bridgehead atoms. The molecule has 2 unspecified atom stereocenters. The minimum atomic E-state index is -0.558. The monoisotopic (exact) mass is 425 g/mol. The van der Waals surface area contributed by atoms with Gasteiger partial charge in [-0.15, -0.1) is 0 Å². The van der Waals surface area contributed by atoms with E-state index in [-0.39, 0.29) is 24.7 Å². The van der Waals surface area contributed by atoms with Crippen LogP contribution in [0.15, 0.2) is 36.4 Å². The van der Waals surface area contributed by atoms with Crippen LogP contribution in [-0.2, 0) is 16.0 Å². The lowest BCUT2D eigenvalue weighted by Crippen LogP contribution is -2.32. The van der Waals surface area contributed by atoms with E-state index in [9.17, 15) is 9.59 Å². The first-order valence-electron chi connectivity index (χ1n) is 10.3. The molecule has 1 aromatic heterocycles. The highest BCUT2D eigenvalue weighted by Crippen LogP contribution is 2.32. The van der Waals surface area contributed by atoms with Crippen molar-refractivity contribution < 1.29 is 23.8 Å². The molecule has 2 aromatic rings. The number of nitrogens with one attached hydrogen (secondary N) is 1. The second-order valence-corrected chi connectivity index (χ2v) is 8.86. The highest BCUT2D eigenvalue weighted by Gasteiger charge is 2.48. The van der Waals surface area contributed by atoms with Gasteiger partial charge in [0.15, 0.2) is 0 Å². The first-order valence-corrected chi connectivity index (χ1v) is 10.3. The van der Waals surface area contributed by atoms with Gasteiger partial charge in [0.1, 0.15) is 23.6 Å². The Morgan fingerprint density at radius 1 is 1.19 bits per heavy atom. The number of nitrogens with zero attached hydrogens (tertiary/aromatic N) is 2. The predicted molar refractivity (Wildman–Crippen MR) is 113 cm³/mol. The van der Waals surface area contributed by atoms with E-state index in [2.05, 4.69) is 10.3 Å². The van der Waals surface area contributed by atoms with Crippen LogP contribution in [0.1, 0.15) is 42.4 Å². The van der Waals surface area contributed by atoms with Crippen molar-refractivity contribution in [1.82, 2.24) is 15.2 Å². The number of likely N-dealkylation sites (tertiary alicyclic amines) is 1. The predicted octanol–water partition coefficient (Wildman–Crippen LogP) is 3.43. The van der Waals surface area contributed by atoms with Crippen LogP contribution in [0.4, 0.5) is 4.79 Å². The normalized spacial score (nSPS) is 19.5. The summed E-state index contributed by atoms with van der Waals surface area (Å²) in [4.78, 5) is 30.8. The third-order valence-electron chi connectivity index (χ3n) is 4.90.